The topological polar surface area (TPSA) is 77.9 Å². The summed E-state index contributed by atoms with van der Waals surface area (Å²) in [6.45, 7) is 0. The first-order valence-corrected chi connectivity index (χ1v) is 6.92. The third kappa shape index (κ3) is 1.91. The minimum atomic E-state index is -1.40. The predicted octanol–water partition coefficient (Wildman–Crippen LogP) is 0.329. The molecule has 5 nitrogen and oxygen atoms in total. The van der Waals surface area contributed by atoms with Crippen molar-refractivity contribution in [3.8, 4) is 5.69 Å². The van der Waals surface area contributed by atoms with Gasteiger partial charge in [0.1, 0.15) is 11.6 Å². The van der Waals surface area contributed by atoms with Gasteiger partial charge in [-0.3, -0.25) is 4.79 Å². The van der Waals surface area contributed by atoms with Gasteiger partial charge in [-0.15, -0.1) is 0 Å². The van der Waals surface area contributed by atoms with Crippen LogP contribution in [0.3, 0.4) is 0 Å². The summed E-state index contributed by atoms with van der Waals surface area (Å²) in [7, 11) is 0. The molecule has 1 atom stereocenters. The number of aromatic nitrogens is 2. The van der Waals surface area contributed by atoms with Gasteiger partial charge in [-0.05, 0) is 29.4 Å². The van der Waals surface area contributed by atoms with Crippen molar-refractivity contribution in [2.24, 2.45) is 0 Å². The number of halogens is 1. The SMILES string of the molecule is O=c1[nH]c2c(c(=O)n1-c1cccc(F)c1)[S+]([O-])CC2. The Bertz CT molecular complexity index is 768. The van der Waals surface area contributed by atoms with Crippen LogP contribution in [0.1, 0.15) is 5.69 Å². The van der Waals surface area contributed by atoms with Gasteiger partial charge in [0.2, 0.25) is 4.90 Å². The van der Waals surface area contributed by atoms with Gasteiger partial charge in [-0.1, -0.05) is 6.07 Å². The van der Waals surface area contributed by atoms with E-state index in [0.717, 1.165) is 10.6 Å². The van der Waals surface area contributed by atoms with Crippen LogP contribution in [-0.4, -0.2) is 19.9 Å². The van der Waals surface area contributed by atoms with E-state index in [9.17, 15) is 18.5 Å². The summed E-state index contributed by atoms with van der Waals surface area (Å²) >= 11 is -1.40. The minimum Gasteiger partial charge on any atom is -0.611 e. The van der Waals surface area contributed by atoms with Crippen molar-refractivity contribution in [2.75, 3.05) is 5.75 Å². The normalized spacial score (nSPS) is 17.5. The second-order valence-electron chi connectivity index (χ2n) is 4.16. The van der Waals surface area contributed by atoms with Gasteiger partial charge in [0.15, 0.2) is 0 Å². The molecule has 1 aliphatic heterocycles. The molecule has 0 aliphatic carbocycles. The summed E-state index contributed by atoms with van der Waals surface area (Å²) in [5, 5.41) is 0. The summed E-state index contributed by atoms with van der Waals surface area (Å²) in [4.78, 5) is 26.8. The maximum absolute atomic E-state index is 13.2. The molecule has 1 unspecified atom stereocenters. The molecular formula is C12H9FN2O3S. The maximum Gasteiger partial charge on any atom is 0.333 e. The molecule has 0 radical (unpaired) electrons. The highest BCUT2D eigenvalue weighted by molar-refractivity contribution is 7.91. The van der Waals surface area contributed by atoms with Crippen LogP contribution in [0.4, 0.5) is 4.39 Å². The lowest BCUT2D eigenvalue weighted by Gasteiger charge is -2.07. The zero-order valence-electron chi connectivity index (χ0n) is 9.68. The van der Waals surface area contributed by atoms with Crippen LogP contribution < -0.4 is 11.2 Å². The molecule has 2 heterocycles. The average Bonchev–Trinajstić information content (AvgIpc) is 2.71. The summed E-state index contributed by atoms with van der Waals surface area (Å²) in [6.07, 6.45) is 0.413. The number of hydrogen-bond acceptors (Lipinski definition) is 3. The van der Waals surface area contributed by atoms with Crippen LogP contribution in [0.2, 0.25) is 0 Å². The zero-order chi connectivity index (χ0) is 13.6. The molecule has 0 saturated heterocycles. The van der Waals surface area contributed by atoms with Crippen LogP contribution in [0, 0.1) is 5.82 Å². The van der Waals surface area contributed by atoms with Gasteiger partial charge in [0.05, 0.1) is 11.4 Å². The molecule has 0 amide bonds. The van der Waals surface area contributed by atoms with E-state index in [1.54, 1.807) is 0 Å². The fourth-order valence-corrected chi connectivity index (χ4v) is 3.43. The quantitative estimate of drug-likeness (QED) is 0.765. The molecule has 19 heavy (non-hydrogen) atoms. The van der Waals surface area contributed by atoms with Crippen molar-refractivity contribution >= 4 is 11.2 Å². The zero-order valence-corrected chi connectivity index (χ0v) is 10.5. The second kappa shape index (κ2) is 4.36. The lowest BCUT2D eigenvalue weighted by molar-refractivity contribution is 0.596. The van der Waals surface area contributed by atoms with E-state index >= 15 is 0 Å². The van der Waals surface area contributed by atoms with E-state index in [2.05, 4.69) is 4.98 Å². The number of aromatic amines is 1. The molecule has 0 fully saturated rings. The van der Waals surface area contributed by atoms with E-state index in [1.165, 1.54) is 18.2 Å². The van der Waals surface area contributed by atoms with E-state index in [0.29, 0.717) is 17.9 Å². The number of rotatable bonds is 1. The molecule has 1 N–H and O–H groups in total. The third-order valence-corrected chi connectivity index (χ3v) is 4.42. The predicted molar refractivity (Wildman–Crippen MR) is 67.6 cm³/mol. The molecule has 7 heteroatoms. The monoisotopic (exact) mass is 280 g/mol. The van der Waals surface area contributed by atoms with Crippen LogP contribution in [-0.2, 0) is 17.6 Å². The molecule has 1 aliphatic rings. The maximum atomic E-state index is 13.2. The Morgan fingerprint density at radius 3 is 2.89 bits per heavy atom. The number of benzene rings is 1. The Morgan fingerprint density at radius 1 is 1.37 bits per heavy atom. The van der Waals surface area contributed by atoms with Crippen LogP contribution in [0.15, 0.2) is 38.8 Å². The van der Waals surface area contributed by atoms with E-state index < -0.39 is 28.2 Å². The molecule has 1 aromatic heterocycles. The highest BCUT2D eigenvalue weighted by Gasteiger charge is 2.31. The lowest BCUT2D eigenvalue weighted by atomic mass is 10.3. The Balaban J connectivity index is 2.32. The third-order valence-electron chi connectivity index (χ3n) is 2.96. The van der Waals surface area contributed by atoms with Gasteiger partial charge in [0, 0.05) is 6.42 Å². The highest BCUT2D eigenvalue weighted by atomic mass is 32.2. The van der Waals surface area contributed by atoms with Gasteiger partial charge in [-0.25, -0.2) is 13.8 Å². The summed E-state index contributed by atoms with van der Waals surface area (Å²) in [5.41, 5.74) is -0.743. The Kier molecular flexibility index (Phi) is 2.79. The van der Waals surface area contributed by atoms with Crippen molar-refractivity contribution in [1.29, 1.82) is 0 Å². The fourth-order valence-electron chi connectivity index (χ4n) is 2.12. The molecule has 2 aromatic rings. The standard InChI is InChI=1S/C12H9FN2O3S/c13-7-2-1-3-8(6-7)15-11(16)10-9(14-12(15)17)4-5-19(10)18/h1-3,6H,4-5H2,(H,14,17). The Labute approximate surface area is 109 Å². The smallest absolute Gasteiger partial charge is 0.333 e. The largest absolute Gasteiger partial charge is 0.611 e. The Morgan fingerprint density at radius 2 is 2.16 bits per heavy atom. The summed E-state index contributed by atoms with van der Waals surface area (Å²) < 4.78 is 25.7. The van der Waals surface area contributed by atoms with Crippen LogP contribution >= 0.6 is 0 Å². The van der Waals surface area contributed by atoms with E-state index in [-0.39, 0.29) is 10.6 Å². The molecule has 0 spiro atoms. The van der Waals surface area contributed by atoms with Gasteiger partial charge < -0.3 is 9.54 Å². The first-order valence-electron chi connectivity index (χ1n) is 5.60. The number of aryl methyl sites for hydroxylation is 1. The minimum absolute atomic E-state index is 0.115. The molecule has 0 saturated carbocycles. The fraction of sp³-hybridized carbons (Fsp3) is 0.167. The average molecular weight is 280 g/mol. The lowest BCUT2D eigenvalue weighted by Crippen LogP contribution is -2.36. The number of hydrogen-bond donors (Lipinski definition) is 1. The Hall–Kier alpha value is -1.86. The van der Waals surface area contributed by atoms with Gasteiger partial charge in [0.25, 0.3) is 0 Å². The number of nitrogens with zero attached hydrogens (tertiary/aromatic N) is 1. The van der Waals surface area contributed by atoms with Crippen molar-refractivity contribution in [2.45, 2.75) is 11.3 Å². The molecular weight excluding hydrogens is 271 g/mol. The molecule has 0 bridgehead atoms. The first-order chi connectivity index (χ1) is 9.08. The number of H-pyrrole nitrogens is 1. The summed E-state index contributed by atoms with van der Waals surface area (Å²) in [6, 6.07) is 5.15. The van der Waals surface area contributed by atoms with Gasteiger partial charge >= 0.3 is 11.2 Å². The van der Waals surface area contributed by atoms with Crippen LogP contribution in [0.5, 0.6) is 0 Å². The highest BCUT2D eigenvalue weighted by Crippen LogP contribution is 2.19. The molecule has 3 rings (SSSR count). The second-order valence-corrected chi connectivity index (χ2v) is 5.67. The van der Waals surface area contributed by atoms with Crippen molar-refractivity contribution in [3.05, 3.63) is 56.6 Å². The van der Waals surface area contributed by atoms with Crippen LogP contribution in [0.25, 0.3) is 5.69 Å². The summed E-state index contributed by atoms with van der Waals surface area (Å²) in [5.74, 6) is -0.223. The molecule has 98 valence electrons. The van der Waals surface area contributed by atoms with Crippen molar-refractivity contribution in [3.63, 3.8) is 0 Å². The first kappa shape index (κ1) is 12.2. The van der Waals surface area contributed by atoms with E-state index in [4.69, 9.17) is 0 Å². The number of fused-ring (bicyclic) bond motifs is 1. The van der Waals surface area contributed by atoms with Crippen molar-refractivity contribution in [1.82, 2.24) is 9.55 Å². The molecule has 1 aromatic carbocycles. The van der Waals surface area contributed by atoms with E-state index in [1.807, 2.05) is 0 Å². The van der Waals surface area contributed by atoms with Gasteiger partial charge in [-0.2, -0.15) is 0 Å². The number of nitrogens with one attached hydrogen (secondary N) is 1. The van der Waals surface area contributed by atoms with Crippen molar-refractivity contribution < 1.29 is 8.94 Å².